The molecule has 0 spiro atoms. The molecule has 7 aromatic carbocycles. The number of aromatic carboxylic acids is 7. The highest BCUT2D eigenvalue weighted by molar-refractivity contribution is 6.34. The van der Waals surface area contributed by atoms with E-state index in [4.69, 9.17) is 80.5 Å². The fourth-order valence-electron chi connectivity index (χ4n) is 10.8. The van der Waals surface area contributed by atoms with Crippen LogP contribution in [0.15, 0.2) is 103 Å². The van der Waals surface area contributed by atoms with Gasteiger partial charge in [0.15, 0.2) is 0 Å². The van der Waals surface area contributed by atoms with Gasteiger partial charge in [0.1, 0.15) is 85.0 Å². The van der Waals surface area contributed by atoms with Crippen molar-refractivity contribution < 1.29 is 107 Å². The second-order valence-electron chi connectivity index (χ2n) is 25.8. The van der Waals surface area contributed by atoms with Gasteiger partial charge in [-0.3, -0.25) is 0 Å². The van der Waals surface area contributed by atoms with Crippen molar-refractivity contribution in [3.63, 3.8) is 0 Å². The van der Waals surface area contributed by atoms with E-state index in [1.807, 2.05) is 73.6 Å². The van der Waals surface area contributed by atoms with Gasteiger partial charge in [-0.1, -0.05) is 55.3 Å². The second kappa shape index (κ2) is 41.1. The van der Waals surface area contributed by atoms with Crippen LogP contribution in [0.5, 0.6) is 40.2 Å². The van der Waals surface area contributed by atoms with Crippen LogP contribution >= 0.6 is 11.6 Å². The Balaban J connectivity index is 0.000000218. The first-order valence-electron chi connectivity index (χ1n) is 34.5. The maximum atomic E-state index is 13.5. The molecule has 23 heteroatoms. The molecule has 4 saturated carbocycles. The molecule has 7 N–H and O–H groups in total. The summed E-state index contributed by atoms with van der Waals surface area (Å²) in [6, 6.07) is 28.8. The van der Waals surface area contributed by atoms with E-state index in [0.717, 1.165) is 115 Å². The second-order valence-corrected chi connectivity index (χ2v) is 26.2. The highest BCUT2D eigenvalue weighted by Gasteiger charge is 2.28. The number of hydrogen-bond donors (Lipinski definition) is 7. The first kappa shape index (κ1) is 84.3. The molecular formula is C81H96ClFO21. The zero-order valence-corrected chi connectivity index (χ0v) is 61.8. The van der Waals surface area contributed by atoms with Crippen molar-refractivity contribution >= 4 is 53.4 Å². The Morgan fingerprint density at radius 2 is 0.702 bits per heavy atom. The molecule has 0 unspecified atom stereocenters. The van der Waals surface area contributed by atoms with Crippen molar-refractivity contribution in [3.8, 4) is 40.2 Å². The number of carboxylic acid groups (broad SMARTS) is 7. The van der Waals surface area contributed by atoms with E-state index in [9.17, 15) is 38.0 Å². The highest BCUT2D eigenvalue weighted by atomic mass is 35.5. The Kier molecular flexibility index (Phi) is 33.3. The maximum Gasteiger partial charge on any atom is 0.342 e. The summed E-state index contributed by atoms with van der Waals surface area (Å²) >= 11 is 5.88. The quantitative estimate of drug-likeness (QED) is 0.0310. The summed E-state index contributed by atoms with van der Waals surface area (Å²) < 4.78 is 51.6. The van der Waals surface area contributed by atoms with Crippen molar-refractivity contribution in [2.24, 2.45) is 0 Å². The average molecular weight is 1460 g/mol. The summed E-state index contributed by atoms with van der Waals surface area (Å²) in [4.78, 5) is 76.5. The van der Waals surface area contributed by atoms with Gasteiger partial charge in [0.05, 0.1) is 49.8 Å². The van der Waals surface area contributed by atoms with Crippen LogP contribution in [0.1, 0.15) is 226 Å². The summed E-state index contributed by atoms with van der Waals surface area (Å²) in [6.45, 7) is 21.6. The van der Waals surface area contributed by atoms with Gasteiger partial charge < -0.3 is 68.9 Å². The number of ether oxygens (including phenoxy) is 7. The first-order chi connectivity index (χ1) is 49.2. The van der Waals surface area contributed by atoms with Gasteiger partial charge in [0, 0.05) is 0 Å². The lowest BCUT2D eigenvalue weighted by molar-refractivity contribution is 0.0662. The van der Waals surface area contributed by atoms with E-state index in [1.54, 1.807) is 99.6 Å². The number of carbonyl (C=O) groups is 7. The summed E-state index contributed by atoms with van der Waals surface area (Å²) in [5, 5.41) is 63.0. The Hall–Kier alpha value is -10.4. The SMILES string of the molecule is CCCCOc1cc(C)cc(Cl)c1C(=O)O.CCOc1cc(C)cc(C)c1C(=O)O.COc1cc(C)cc(C)c1C(=O)O.Cc1cc(F)c(C(=O)O)c(OC2CCC2)c1.Cc1ccc(C(=O)O)c(OC2CC2)c1.Cc1ccc(C(=O)O)c(OC2CCC2)c1.Cc1ccc(C(=O)O)c(OC2CCCC2)c1. The number of rotatable bonds is 22. The topological polar surface area (TPSA) is 326 Å². The van der Waals surface area contributed by atoms with Crippen LogP contribution in [0.3, 0.4) is 0 Å². The van der Waals surface area contributed by atoms with Crippen molar-refractivity contribution in [2.75, 3.05) is 20.3 Å². The van der Waals surface area contributed by atoms with E-state index in [1.165, 1.54) is 32.4 Å². The van der Waals surface area contributed by atoms with Crippen LogP contribution in [0.25, 0.3) is 0 Å². The van der Waals surface area contributed by atoms with Gasteiger partial charge in [0.25, 0.3) is 0 Å². The zero-order valence-electron chi connectivity index (χ0n) is 61.0. The Labute approximate surface area is 611 Å². The van der Waals surface area contributed by atoms with Crippen LogP contribution in [0, 0.1) is 68.1 Å². The smallest absolute Gasteiger partial charge is 0.342 e. The largest absolute Gasteiger partial charge is 0.496 e. The summed E-state index contributed by atoms with van der Waals surface area (Å²) in [7, 11) is 1.47. The monoisotopic (exact) mass is 1460 g/mol. The lowest BCUT2D eigenvalue weighted by Crippen LogP contribution is -2.25. The molecule has 0 amide bonds. The predicted octanol–water partition coefficient (Wildman–Crippen LogP) is 18.6. The number of aryl methyl sites for hydroxylation is 9. The van der Waals surface area contributed by atoms with Crippen molar-refractivity contribution in [1.82, 2.24) is 0 Å². The van der Waals surface area contributed by atoms with Gasteiger partial charge >= 0.3 is 41.8 Å². The number of hydrogen-bond acceptors (Lipinski definition) is 14. The van der Waals surface area contributed by atoms with E-state index in [2.05, 4.69) is 0 Å². The van der Waals surface area contributed by atoms with E-state index in [0.29, 0.717) is 53.3 Å². The van der Waals surface area contributed by atoms with Gasteiger partial charge in [-0.05, 0) is 276 Å². The minimum absolute atomic E-state index is 0.0410. The molecule has 560 valence electrons. The lowest BCUT2D eigenvalue weighted by Gasteiger charge is -2.27. The number of unbranched alkanes of at least 4 members (excludes halogenated alkanes) is 1. The van der Waals surface area contributed by atoms with Crippen LogP contribution in [-0.2, 0) is 0 Å². The minimum Gasteiger partial charge on any atom is -0.496 e. The number of methoxy groups -OCH3 is 1. The molecule has 104 heavy (non-hydrogen) atoms. The van der Waals surface area contributed by atoms with E-state index in [-0.39, 0.29) is 74.1 Å². The molecule has 11 rings (SSSR count). The van der Waals surface area contributed by atoms with Crippen LogP contribution in [-0.4, -0.2) is 122 Å². The van der Waals surface area contributed by atoms with Crippen molar-refractivity contribution in [2.45, 2.75) is 190 Å². The Morgan fingerprint density at radius 3 is 1.05 bits per heavy atom. The normalized spacial score (nSPS) is 13.4. The predicted molar refractivity (Wildman–Crippen MR) is 393 cm³/mol. The van der Waals surface area contributed by atoms with Gasteiger partial charge in [0.2, 0.25) is 0 Å². The van der Waals surface area contributed by atoms with Crippen LogP contribution < -0.4 is 33.2 Å². The molecule has 0 radical (unpaired) electrons. The molecule has 4 aliphatic rings. The first-order valence-corrected chi connectivity index (χ1v) is 34.9. The molecule has 0 aromatic heterocycles. The standard InChI is InChI=1S/C13H16O3.C12H15ClO3.C12H13FO3.C12H14O3.C11H12O3.C11H14O3.C10H12O3/c1-9-6-7-11(13(14)15)12(8-9)16-10-4-2-3-5-10;1-3-4-5-16-10-7-8(2)6-9(13)11(10)12(14)15;1-7-5-9(13)11(12(14)15)10(6-7)16-8-3-2-4-8;1-8-5-6-10(12(13)14)11(7-8)15-9-3-2-4-9;1-7-2-5-9(11(12)13)10(6-7)14-8-3-4-8;1-4-14-9-6-7(2)5-8(3)10(9)11(12)13;1-6-4-7(2)9(10(11)12)8(5-6)13-3/h6-8,10H,2-5H2,1H3,(H,14,15);6-7H,3-5H2,1-2H3,(H,14,15);5-6,8H,2-4H2,1H3,(H,14,15);5-7,9H,2-4H2,1H3,(H,13,14);2,5-6,8H,3-4H2,1H3,(H,12,13);5-6H,4H2,1-3H3,(H,12,13);4-5H,1-3H3,(H,11,12). The molecule has 4 aliphatic carbocycles. The third-order valence-electron chi connectivity index (χ3n) is 16.6. The molecular weight excluding hydrogens is 1360 g/mol. The third-order valence-corrected chi connectivity index (χ3v) is 16.9. The van der Waals surface area contributed by atoms with Crippen LogP contribution in [0.2, 0.25) is 5.02 Å². The number of carboxylic acids is 7. The zero-order chi connectivity index (χ0) is 77.1. The molecule has 0 bridgehead atoms. The van der Waals surface area contributed by atoms with E-state index < -0.39 is 47.6 Å². The van der Waals surface area contributed by atoms with Crippen LogP contribution in [0.4, 0.5) is 4.39 Å². The number of benzene rings is 7. The average Bonchev–Trinajstić information content (AvgIpc) is 1.89. The summed E-state index contributed by atoms with van der Waals surface area (Å²) in [6.07, 6.45) is 15.2. The van der Waals surface area contributed by atoms with Gasteiger partial charge in [-0.2, -0.15) is 0 Å². The molecule has 0 atom stereocenters. The van der Waals surface area contributed by atoms with Crippen molar-refractivity contribution in [1.29, 1.82) is 0 Å². The van der Waals surface area contributed by atoms with Gasteiger partial charge in [-0.15, -0.1) is 0 Å². The fraction of sp³-hybridized carbons (Fsp3) is 0.395. The maximum absolute atomic E-state index is 13.5. The molecule has 21 nitrogen and oxygen atoms in total. The molecule has 0 heterocycles. The Bertz CT molecular complexity index is 4130. The molecule has 0 saturated heterocycles. The van der Waals surface area contributed by atoms with Gasteiger partial charge in [-0.25, -0.2) is 38.0 Å². The van der Waals surface area contributed by atoms with E-state index >= 15 is 0 Å². The molecule has 7 aromatic rings. The summed E-state index contributed by atoms with van der Waals surface area (Å²) in [5.74, 6) is -4.85. The number of halogens is 2. The Morgan fingerprint density at radius 1 is 0.375 bits per heavy atom. The molecule has 0 aliphatic heterocycles. The lowest BCUT2D eigenvalue weighted by atomic mass is 9.96. The fourth-order valence-corrected chi connectivity index (χ4v) is 11.1. The third kappa shape index (κ3) is 26.5. The molecule has 4 fully saturated rings. The highest BCUT2D eigenvalue weighted by Crippen LogP contribution is 2.35. The van der Waals surface area contributed by atoms with Crippen molar-refractivity contribution in [3.05, 3.63) is 203 Å². The summed E-state index contributed by atoms with van der Waals surface area (Å²) in [5.41, 5.74) is 9.05. The minimum atomic E-state index is -1.29.